The van der Waals surface area contributed by atoms with Gasteiger partial charge in [-0.05, 0) is 46.3 Å². The van der Waals surface area contributed by atoms with Crippen molar-refractivity contribution in [2.45, 2.75) is 38.6 Å². The summed E-state index contributed by atoms with van der Waals surface area (Å²) in [7, 11) is 0.684. The van der Waals surface area contributed by atoms with Crippen LogP contribution in [0.3, 0.4) is 0 Å². The summed E-state index contributed by atoms with van der Waals surface area (Å²) in [6.45, 7) is 3.81. The van der Waals surface area contributed by atoms with Crippen LogP contribution in [-0.4, -0.2) is 69.1 Å². The first kappa shape index (κ1) is 17.4. The molecule has 0 saturated carbocycles. The van der Waals surface area contributed by atoms with E-state index in [9.17, 15) is 13.2 Å². The summed E-state index contributed by atoms with van der Waals surface area (Å²) < 4.78 is 25.6. The van der Waals surface area contributed by atoms with E-state index in [1.807, 2.05) is 21.0 Å². The topological polar surface area (TPSA) is 69.7 Å². The van der Waals surface area contributed by atoms with Gasteiger partial charge in [-0.15, -0.1) is 0 Å². The molecule has 1 fully saturated rings. The maximum absolute atomic E-state index is 12.1. The molecule has 1 saturated heterocycles. The second-order valence-electron chi connectivity index (χ2n) is 5.53. The molecular formula is C13H27N3O3S. The maximum Gasteiger partial charge on any atom is 0.238 e. The third kappa shape index (κ3) is 5.03. The van der Waals surface area contributed by atoms with Crippen LogP contribution < -0.4 is 5.32 Å². The monoisotopic (exact) mass is 305 g/mol. The Labute approximate surface area is 122 Å². The number of hydrogen-bond donors (Lipinski definition) is 1. The van der Waals surface area contributed by atoms with Crippen LogP contribution in [0, 0.1) is 0 Å². The summed E-state index contributed by atoms with van der Waals surface area (Å²) in [6, 6.07) is -0.508. The Bertz CT molecular complexity index is 409. The van der Waals surface area contributed by atoms with E-state index in [4.69, 9.17) is 0 Å². The van der Waals surface area contributed by atoms with Crippen molar-refractivity contribution in [2.24, 2.45) is 0 Å². The summed E-state index contributed by atoms with van der Waals surface area (Å²) in [5.74, 6) is -0.0295. The molecule has 1 aliphatic rings. The molecule has 7 heteroatoms. The predicted octanol–water partition coefficient (Wildman–Crippen LogP) is 0.259. The largest absolute Gasteiger partial charge is 0.355 e. The van der Waals surface area contributed by atoms with Gasteiger partial charge in [-0.3, -0.25) is 4.79 Å². The summed E-state index contributed by atoms with van der Waals surface area (Å²) >= 11 is 0. The standard InChI is InChI=1S/C13H27N3O3S/c1-4-11-20(18,19)16-10-5-7-12(16)13(17)14-8-6-9-15(2)3/h12H,4-11H2,1-3H3,(H,14,17). The van der Waals surface area contributed by atoms with Crippen LogP contribution >= 0.6 is 0 Å². The number of sulfonamides is 1. The third-order valence-electron chi connectivity index (χ3n) is 3.41. The lowest BCUT2D eigenvalue weighted by Gasteiger charge is -2.23. The van der Waals surface area contributed by atoms with Gasteiger partial charge in [-0.25, -0.2) is 8.42 Å². The van der Waals surface area contributed by atoms with Crippen molar-refractivity contribution in [3.8, 4) is 0 Å². The van der Waals surface area contributed by atoms with Gasteiger partial charge in [0.1, 0.15) is 6.04 Å². The molecule has 0 spiro atoms. The summed E-state index contributed by atoms with van der Waals surface area (Å²) in [5, 5.41) is 2.85. The number of carbonyl (C=O) groups excluding carboxylic acids is 1. The van der Waals surface area contributed by atoms with E-state index >= 15 is 0 Å². The van der Waals surface area contributed by atoms with E-state index < -0.39 is 16.1 Å². The molecule has 118 valence electrons. The smallest absolute Gasteiger partial charge is 0.238 e. The van der Waals surface area contributed by atoms with Crippen molar-refractivity contribution in [1.82, 2.24) is 14.5 Å². The predicted molar refractivity (Wildman–Crippen MR) is 80.0 cm³/mol. The molecule has 6 nitrogen and oxygen atoms in total. The Hall–Kier alpha value is -0.660. The Morgan fingerprint density at radius 2 is 2.10 bits per heavy atom. The van der Waals surface area contributed by atoms with E-state index in [0.717, 1.165) is 19.4 Å². The summed E-state index contributed by atoms with van der Waals surface area (Å²) in [5.41, 5.74) is 0. The quantitative estimate of drug-likeness (QED) is 0.653. The highest BCUT2D eigenvalue weighted by Gasteiger charge is 2.37. The van der Waals surface area contributed by atoms with Crippen LogP contribution in [0.25, 0.3) is 0 Å². The van der Waals surface area contributed by atoms with Crippen molar-refractivity contribution in [3.05, 3.63) is 0 Å². The van der Waals surface area contributed by atoms with Crippen LogP contribution in [0.2, 0.25) is 0 Å². The molecule has 0 radical (unpaired) electrons. The van der Waals surface area contributed by atoms with E-state index in [0.29, 0.717) is 25.9 Å². The van der Waals surface area contributed by atoms with Gasteiger partial charge in [0.2, 0.25) is 15.9 Å². The maximum atomic E-state index is 12.1. The highest BCUT2D eigenvalue weighted by molar-refractivity contribution is 7.89. The first-order chi connectivity index (χ1) is 9.38. The van der Waals surface area contributed by atoms with Crippen LogP contribution in [0.5, 0.6) is 0 Å². The molecule has 1 amide bonds. The Kier molecular flexibility index (Phi) is 6.91. The highest BCUT2D eigenvalue weighted by Crippen LogP contribution is 2.21. The second kappa shape index (κ2) is 7.95. The second-order valence-corrected chi connectivity index (χ2v) is 7.57. The van der Waals surface area contributed by atoms with Crippen molar-refractivity contribution in [1.29, 1.82) is 0 Å². The minimum Gasteiger partial charge on any atom is -0.355 e. The normalized spacial score (nSPS) is 20.5. The van der Waals surface area contributed by atoms with Gasteiger partial charge in [0.05, 0.1) is 5.75 Å². The molecule has 0 aliphatic carbocycles. The van der Waals surface area contributed by atoms with Gasteiger partial charge in [0.25, 0.3) is 0 Å². The highest BCUT2D eigenvalue weighted by atomic mass is 32.2. The summed E-state index contributed by atoms with van der Waals surface area (Å²) in [6.07, 6.45) is 2.84. The molecular weight excluding hydrogens is 278 g/mol. The van der Waals surface area contributed by atoms with E-state index in [2.05, 4.69) is 10.2 Å². The van der Waals surface area contributed by atoms with Crippen LogP contribution in [-0.2, 0) is 14.8 Å². The fourth-order valence-electron chi connectivity index (χ4n) is 2.44. The number of nitrogens with zero attached hydrogens (tertiary/aromatic N) is 2. The van der Waals surface area contributed by atoms with Crippen molar-refractivity contribution in [3.63, 3.8) is 0 Å². The molecule has 0 aromatic carbocycles. The van der Waals surface area contributed by atoms with Gasteiger partial charge in [0.15, 0.2) is 0 Å². The number of amides is 1. The molecule has 1 rings (SSSR count). The van der Waals surface area contributed by atoms with Gasteiger partial charge < -0.3 is 10.2 Å². The zero-order valence-corrected chi connectivity index (χ0v) is 13.6. The molecule has 20 heavy (non-hydrogen) atoms. The Balaban J connectivity index is 2.50. The Morgan fingerprint density at radius 1 is 1.40 bits per heavy atom. The molecule has 1 atom stereocenters. The van der Waals surface area contributed by atoms with Gasteiger partial charge in [-0.1, -0.05) is 6.92 Å². The van der Waals surface area contributed by atoms with Crippen molar-refractivity contribution >= 4 is 15.9 Å². The van der Waals surface area contributed by atoms with Crippen LogP contribution in [0.1, 0.15) is 32.6 Å². The molecule has 1 N–H and O–H groups in total. The van der Waals surface area contributed by atoms with Crippen LogP contribution in [0.4, 0.5) is 0 Å². The number of carbonyl (C=O) groups is 1. The lowest BCUT2D eigenvalue weighted by atomic mass is 10.2. The third-order valence-corrected chi connectivity index (χ3v) is 5.48. The van der Waals surface area contributed by atoms with Gasteiger partial charge in [-0.2, -0.15) is 4.31 Å². The molecule has 1 aliphatic heterocycles. The lowest BCUT2D eigenvalue weighted by molar-refractivity contribution is -0.124. The number of rotatable bonds is 8. The zero-order chi connectivity index (χ0) is 15.2. The average Bonchev–Trinajstić information content (AvgIpc) is 2.84. The van der Waals surface area contributed by atoms with Crippen molar-refractivity contribution < 1.29 is 13.2 Å². The van der Waals surface area contributed by atoms with Gasteiger partial charge >= 0.3 is 0 Å². The molecule has 1 unspecified atom stereocenters. The SMILES string of the molecule is CCCS(=O)(=O)N1CCCC1C(=O)NCCCN(C)C. The van der Waals surface area contributed by atoms with E-state index in [1.165, 1.54) is 4.31 Å². The molecule has 0 aromatic rings. The Morgan fingerprint density at radius 3 is 2.70 bits per heavy atom. The fraction of sp³-hybridized carbons (Fsp3) is 0.923. The molecule has 1 heterocycles. The average molecular weight is 305 g/mol. The number of nitrogens with one attached hydrogen (secondary N) is 1. The van der Waals surface area contributed by atoms with Crippen molar-refractivity contribution in [2.75, 3.05) is 39.5 Å². The first-order valence-corrected chi connectivity index (χ1v) is 8.91. The zero-order valence-electron chi connectivity index (χ0n) is 12.8. The molecule has 0 bridgehead atoms. The van der Waals surface area contributed by atoms with E-state index in [-0.39, 0.29) is 11.7 Å². The van der Waals surface area contributed by atoms with Crippen LogP contribution in [0.15, 0.2) is 0 Å². The number of hydrogen-bond acceptors (Lipinski definition) is 4. The van der Waals surface area contributed by atoms with E-state index in [1.54, 1.807) is 0 Å². The first-order valence-electron chi connectivity index (χ1n) is 7.30. The fourth-order valence-corrected chi connectivity index (χ4v) is 4.18. The minimum atomic E-state index is -3.28. The minimum absolute atomic E-state index is 0.122. The van der Waals surface area contributed by atoms with Gasteiger partial charge in [0, 0.05) is 13.1 Å². The summed E-state index contributed by atoms with van der Waals surface area (Å²) in [4.78, 5) is 14.2. The molecule has 0 aromatic heterocycles. The lowest BCUT2D eigenvalue weighted by Crippen LogP contribution is -2.46.